The van der Waals surface area contributed by atoms with E-state index in [0.717, 1.165) is 24.2 Å². The first-order valence-corrected chi connectivity index (χ1v) is 5.64. The normalized spacial score (nSPS) is 22.3. The number of hydrogen-bond acceptors (Lipinski definition) is 2. The lowest BCUT2D eigenvalue weighted by Crippen LogP contribution is -2.34. The highest BCUT2D eigenvalue weighted by Gasteiger charge is 2.17. The molecule has 0 radical (unpaired) electrons. The van der Waals surface area contributed by atoms with Gasteiger partial charge in [0.05, 0.1) is 19.3 Å². The Balaban J connectivity index is 2.24. The van der Waals surface area contributed by atoms with E-state index in [4.69, 9.17) is 4.74 Å². The fourth-order valence-electron chi connectivity index (χ4n) is 1.70. The molecule has 2 rings (SSSR count). The van der Waals surface area contributed by atoms with E-state index in [1.807, 2.05) is 0 Å². The average Bonchev–Trinajstić information content (AvgIpc) is 2.23. The molecule has 0 saturated carbocycles. The molecule has 0 bridgehead atoms. The molecule has 1 aromatic rings. The first kappa shape index (κ1) is 10.1. The van der Waals surface area contributed by atoms with Crippen molar-refractivity contribution in [3.05, 3.63) is 33.8 Å². The predicted octanol–water partition coefficient (Wildman–Crippen LogP) is 2.42. The van der Waals surface area contributed by atoms with Crippen LogP contribution in [0, 0.1) is 6.92 Å². The third-order valence-electron chi connectivity index (χ3n) is 2.45. The number of hydrogen-bond donors (Lipinski definition) is 1. The zero-order valence-electron chi connectivity index (χ0n) is 8.22. The molecule has 1 heterocycles. The molecule has 0 amide bonds. The van der Waals surface area contributed by atoms with E-state index in [1.165, 1.54) is 11.1 Å². The summed E-state index contributed by atoms with van der Waals surface area (Å²) in [7, 11) is 0. The Hall–Kier alpha value is -0.380. The number of aryl methyl sites for hydroxylation is 1. The van der Waals surface area contributed by atoms with Crippen molar-refractivity contribution in [3.63, 3.8) is 0 Å². The summed E-state index contributed by atoms with van der Waals surface area (Å²) in [6, 6.07) is 6.74. The Morgan fingerprint density at radius 2 is 2.36 bits per heavy atom. The second-order valence-corrected chi connectivity index (χ2v) is 4.46. The third-order valence-corrected chi connectivity index (χ3v) is 3.17. The SMILES string of the molecule is Cc1ccc(Br)c(C2COCCN2)c1. The Labute approximate surface area is 92.8 Å². The van der Waals surface area contributed by atoms with Gasteiger partial charge in [-0.15, -0.1) is 0 Å². The molecule has 1 atom stereocenters. The average molecular weight is 256 g/mol. The summed E-state index contributed by atoms with van der Waals surface area (Å²) >= 11 is 3.57. The van der Waals surface area contributed by atoms with Crippen LogP contribution in [-0.2, 0) is 4.74 Å². The lowest BCUT2D eigenvalue weighted by Gasteiger charge is -2.25. The van der Waals surface area contributed by atoms with Crippen molar-refractivity contribution in [1.82, 2.24) is 5.32 Å². The molecule has 14 heavy (non-hydrogen) atoms. The Morgan fingerprint density at radius 3 is 3.07 bits per heavy atom. The van der Waals surface area contributed by atoms with Crippen LogP contribution in [-0.4, -0.2) is 19.8 Å². The van der Waals surface area contributed by atoms with Crippen LogP contribution in [0.15, 0.2) is 22.7 Å². The van der Waals surface area contributed by atoms with E-state index in [1.54, 1.807) is 0 Å². The smallest absolute Gasteiger partial charge is 0.0662 e. The van der Waals surface area contributed by atoms with Crippen molar-refractivity contribution in [2.45, 2.75) is 13.0 Å². The van der Waals surface area contributed by atoms with Gasteiger partial charge in [0, 0.05) is 11.0 Å². The van der Waals surface area contributed by atoms with Gasteiger partial charge < -0.3 is 10.1 Å². The van der Waals surface area contributed by atoms with Crippen molar-refractivity contribution in [2.24, 2.45) is 0 Å². The lowest BCUT2D eigenvalue weighted by atomic mass is 10.0. The van der Waals surface area contributed by atoms with Gasteiger partial charge in [0.1, 0.15) is 0 Å². The molecular formula is C11H14BrNO. The quantitative estimate of drug-likeness (QED) is 0.833. The maximum absolute atomic E-state index is 5.45. The van der Waals surface area contributed by atoms with Gasteiger partial charge in [-0.05, 0) is 18.6 Å². The monoisotopic (exact) mass is 255 g/mol. The fraction of sp³-hybridized carbons (Fsp3) is 0.455. The van der Waals surface area contributed by atoms with Crippen LogP contribution in [0.2, 0.25) is 0 Å². The summed E-state index contributed by atoms with van der Waals surface area (Å²) in [5.41, 5.74) is 2.58. The maximum Gasteiger partial charge on any atom is 0.0662 e. The number of rotatable bonds is 1. The summed E-state index contributed by atoms with van der Waals surface area (Å²) in [5, 5.41) is 3.45. The Bertz CT molecular complexity index is 321. The molecule has 1 aliphatic heterocycles. The largest absolute Gasteiger partial charge is 0.378 e. The first-order valence-electron chi connectivity index (χ1n) is 4.84. The molecule has 1 aliphatic rings. The van der Waals surface area contributed by atoms with E-state index < -0.39 is 0 Å². The molecule has 3 heteroatoms. The van der Waals surface area contributed by atoms with Crippen molar-refractivity contribution >= 4 is 15.9 Å². The third kappa shape index (κ3) is 2.16. The van der Waals surface area contributed by atoms with Crippen molar-refractivity contribution in [1.29, 1.82) is 0 Å². The minimum absolute atomic E-state index is 0.332. The number of morpholine rings is 1. The maximum atomic E-state index is 5.45. The predicted molar refractivity (Wildman–Crippen MR) is 60.4 cm³/mol. The summed E-state index contributed by atoms with van der Waals surface area (Å²) in [5.74, 6) is 0. The van der Waals surface area contributed by atoms with Crippen LogP contribution in [0.1, 0.15) is 17.2 Å². The van der Waals surface area contributed by atoms with Crippen LogP contribution in [0.4, 0.5) is 0 Å². The second-order valence-electron chi connectivity index (χ2n) is 3.61. The van der Waals surface area contributed by atoms with Crippen molar-refractivity contribution < 1.29 is 4.74 Å². The van der Waals surface area contributed by atoms with Crippen molar-refractivity contribution in [2.75, 3.05) is 19.8 Å². The number of halogens is 1. The second kappa shape index (κ2) is 4.43. The minimum atomic E-state index is 0.332. The number of benzene rings is 1. The van der Waals surface area contributed by atoms with Crippen molar-refractivity contribution in [3.8, 4) is 0 Å². The highest BCUT2D eigenvalue weighted by molar-refractivity contribution is 9.10. The molecular weight excluding hydrogens is 242 g/mol. The molecule has 2 nitrogen and oxygen atoms in total. The van der Waals surface area contributed by atoms with Gasteiger partial charge in [-0.25, -0.2) is 0 Å². The molecule has 0 aromatic heterocycles. The summed E-state index contributed by atoms with van der Waals surface area (Å²) < 4.78 is 6.61. The van der Waals surface area contributed by atoms with Gasteiger partial charge in [0.15, 0.2) is 0 Å². The van der Waals surface area contributed by atoms with E-state index in [-0.39, 0.29) is 0 Å². The topological polar surface area (TPSA) is 21.3 Å². The summed E-state index contributed by atoms with van der Waals surface area (Å²) in [6.07, 6.45) is 0. The number of ether oxygens (including phenoxy) is 1. The van der Waals surface area contributed by atoms with Crippen LogP contribution in [0.5, 0.6) is 0 Å². The first-order chi connectivity index (χ1) is 6.77. The molecule has 1 unspecified atom stereocenters. The molecule has 1 N–H and O–H groups in total. The highest BCUT2D eigenvalue weighted by Crippen LogP contribution is 2.25. The summed E-state index contributed by atoms with van der Waals surface area (Å²) in [6.45, 7) is 4.63. The minimum Gasteiger partial charge on any atom is -0.378 e. The van der Waals surface area contributed by atoms with E-state index >= 15 is 0 Å². The number of nitrogens with one attached hydrogen (secondary N) is 1. The standard InChI is InChI=1S/C11H14BrNO/c1-8-2-3-10(12)9(6-8)11-7-14-5-4-13-11/h2-3,6,11,13H,4-5,7H2,1H3. The van der Waals surface area contributed by atoms with Crippen LogP contribution >= 0.6 is 15.9 Å². The van der Waals surface area contributed by atoms with Crippen LogP contribution in [0.25, 0.3) is 0 Å². The molecule has 0 spiro atoms. The van der Waals surface area contributed by atoms with Gasteiger partial charge in [-0.3, -0.25) is 0 Å². The molecule has 1 aromatic carbocycles. The van der Waals surface area contributed by atoms with Crippen LogP contribution in [0.3, 0.4) is 0 Å². The Morgan fingerprint density at radius 1 is 1.50 bits per heavy atom. The lowest BCUT2D eigenvalue weighted by molar-refractivity contribution is 0.0766. The zero-order valence-corrected chi connectivity index (χ0v) is 9.80. The van der Waals surface area contributed by atoms with Crippen LogP contribution < -0.4 is 5.32 Å². The van der Waals surface area contributed by atoms with Gasteiger partial charge in [-0.2, -0.15) is 0 Å². The van der Waals surface area contributed by atoms with E-state index in [9.17, 15) is 0 Å². The molecule has 1 saturated heterocycles. The van der Waals surface area contributed by atoms with Gasteiger partial charge in [0.25, 0.3) is 0 Å². The summed E-state index contributed by atoms with van der Waals surface area (Å²) in [4.78, 5) is 0. The molecule has 0 aliphatic carbocycles. The van der Waals surface area contributed by atoms with Gasteiger partial charge in [-0.1, -0.05) is 33.6 Å². The Kier molecular flexibility index (Phi) is 3.21. The van der Waals surface area contributed by atoms with Gasteiger partial charge in [0.2, 0.25) is 0 Å². The van der Waals surface area contributed by atoms with Gasteiger partial charge >= 0.3 is 0 Å². The molecule has 76 valence electrons. The highest BCUT2D eigenvalue weighted by atomic mass is 79.9. The van der Waals surface area contributed by atoms with E-state index in [0.29, 0.717) is 6.04 Å². The van der Waals surface area contributed by atoms with E-state index in [2.05, 4.69) is 46.4 Å². The molecule has 1 fully saturated rings. The fourth-order valence-corrected chi connectivity index (χ4v) is 2.22. The zero-order chi connectivity index (χ0) is 9.97.